The van der Waals surface area contributed by atoms with Gasteiger partial charge in [0.2, 0.25) is 5.91 Å². The van der Waals surface area contributed by atoms with Crippen LogP contribution < -0.4 is 16.0 Å². The molecule has 0 saturated heterocycles. The van der Waals surface area contributed by atoms with Gasteiger partial charge in [-0.1, -0.05) is 49.6 Å². The van der Waals surface area contributed by atoms with Crippen LogP contribution in [0.25, 0.3) is 0 Å². The Hall–Kier alpha value is -3.30. The van der Waals surface area contributed by atoms with Crippen molar-refractivity contribution in [3.63, 3.8) is 0 Å². The summed E-state index contributed by atoms with van der Waals surface area (Å²) in [5.74, 6) is -1.75. The number of rotatable bonds is 12. The zero-order valence-electron chi connectivity index (χ0n) is 22.1. The van der Waals surface area contributed by atoms with Crippen LogP contribution in [0.15, 0.2) is 30.3 Å². The fourth-order valence-corrected chi connectivity index (χ4v) is 4.26. The predicted molar refractivity (Wildman–Crippen MR) is 138 cm³/mol. The molecule has 0 bridgehead atoms. The van der Waals surface area contributed by atoms with Gasteiger partial charge in [0.25, 0.3) is 0 Å². The molecule has 2 atom stereocenters. The largest absolute Gasteiger partial charge is 0.480 e. The van der Waals surface area contributed by atoms with Crippen LogP contribution in [-0.2, 0) is 25.7 Å². The van der Waals surface area contributed by atoms with Gasteiger partial charge in [-0.25, -0.2) is 14.4 Å². The second-order valence-corrected chi connectivity index (χ2v) is 10.4. The Kier molecular flexibility index (Phi) is 12.2. The molecule has 0 radical (unpaired) electrons. The molecule has 1 unspecified atom stereocenters. The number of alkyl carbamates (subject to hydrolysis) is 2. The van der Waals surface area contributed by atoms with Crippen molar-refractivity contribution in [2.24, 2.45) is 5.92 Å². The third-order valence-electron chi connectivity index (χ3n) is 6.09. The summed E-state index contributed by atoms with van der Waals surface area (Å²) in [6.45, 7) is 5.69. The van der Waals surface area contributed by atoms with Crippen LogP contribution in [0.1, 0.15) is 77.7 Å². The molecular weight excluding hydrogens is 478 g/mol. The number of nitrogens with one attached hydrogen (secondary N) is 3. The highest BCUT2D eigenvalue weighted by Gasteiger charge is 2.34. The lowest BCUT2D eigenvalue weighted by molar-refractivity contribution is -0.142. The molecule has 1 aliphatic carbocycles. The molecule has 0 spiro atoms. The molecule has 206 valence electrons. The summed E-state index contributed by atoms with van der Waals surface area (Å²) >= 11 is 0. The predicted octanol–water partition coefficient (Wildman–Crippen LogP) is 4.13. The molecule has 10 heteroatoms. The molecule has 10 nitrogen and oxygen atoms in total. The van der Waals surface area contributed by atoms with Crippen molar-refractivity contribution >= 4 is 24.1 Å². The maximum absolute atomic E-state index is 13.1. The molecule has 37 heavy (non-hydrogen) atoms. The quantitative estimate of drug-likeness (QED) is 0.304. The van der Waals surface area contributed by atoms with E-state index in [2.05, 4.69) is 16.0 Å². The number of hydrogen-bond donors (Lipinski definition) is 4. The fraction of sp³-hybridized carbons (Fsp3) is 0.630. The number of hydrogen-bond acceptors (Lipinski definition) is 6. The van der Waals surface area contributed by atoms with Crippen LogP contribution in [0.2, 0.25) is 0 Å². The summed E-state index contributed by atoms with van der Waals surface area (Å²) in [4.78, 5) is 49.2. The van der Waals surface area contributed by atoms with Gasteiger partial charge >= 0.3 is 18.2 Å². The number of carboxylic acids is 1. The molecule has 3 amide bonds. The summed E-state index contributed by atoms with van der Waals surface area (Å²) < 4.78 is 10.5. The SMILES string of the molecule is CC(C)(C)OC(=O)N[C@H](C(=O)NC(CCCCNC(=O)OCc1ccccc1)C(=O)O)C1CCCCC1. The molecule has 0 aromatic heterocycles. The average Bonchev–Trinajstić information content (AvgIpc) is 2.85. The van der Waals surface area contributed by atoms with Gasteiger partial charge in [0.1, 0.15) is 24.3 Å². The Labute approximate surface area is 218 Å². The molecule has 0 heterocycles. The van der Waals surface area contributed by atoms with Crippen molar-refractivity contribution in [1.29, 1.82) is 0 Å². The number of unbranched alkanes of at least 4 members (excludes halogenated alkanes) is 1. The molecule has 0 aliphatic heterocycles. The first-order valence-corrected chi connectivity index (χ1v) is 13.0. The van der Waals surface area contributed by atoms with Crippen molar-refractivity contribution in [2.45, 2.75) is 96.4 Å². The minimum absolute atomic E-state index is 0.0817. The van der Waals surface area contributed by atoms with Gasteiger partial charge in [0.05, 0.1) is 0 Å². The number of amides is 3. The zero-order valence-corrected chi connectivity index (χ0v) is 22.1. The highest BCUT2D eigenvalue weighted by atomic mass is 16.6. The molecular formula is C27H41N3O7. The molecule has 1 fully saturated rings. The van der Waals surface area contributed by atoms with E-state index in [1.54, 1.807) is 20.8 Å². The monoisotopic (exact) mass is 519 g/mol. The van der Waals surface area contributed by atoms with Crippen LogP contribution in [-0.4, -0.2) is 53.4 Å². The Morgan fingerprint density at radius 3 is 2.27 bits per heavy atom. The number of carbonyl (C=O) groups is 4. The van der Waals surface area contributed by atoms with Crippen molar-refractivity contribution < 1.29 is 33.8 Å². The van der Waals surface area contributed by atoms with Gasteiger partial charge in [0, 0.05) is 6.54 Å². The minimum Gasteiger partial charge on any atom is -0.480 e. The van der Waals surface area contributed by atoms with Crippen molar-refractivity contribution in [2.75, 3.05) is 6.54 Å². The summed E-state index contributed by atoms with van der Waals surface area (Å²) in [6, 6.07) is 7.34. The standard InChI is InChI=1S/C27H41N3O7/c1-27(2,3)37-26(35)30-22(20-14-8-5-9-15-20)23(31)29-21(24(32)33)16-10-11-17-28-25(34)36-18-19-12-6-4-7-13-19/h4,6-7,12-13,20-22H,5,8-11,14-18H2,1-3H3,(H,28,34)(H,29,31)(H,30,35)(H,32,33)/t21?,22-/m0/s1. The minimum atomic E-state index is -1.15. The lowest BCUT2D eigenvalue weighted by Gasteiger charge is -2.31. The van der Waals surface area contributed by atoms with Gasteiger partial charge in [-0.05, 0) is 64.4 Å². The van der Waals surface area contributed by atoms with Gasteiger partial charge in [-0.15, -0.1) is 0 Å². The van der Waals surface area contributed by atoms with Crippen LogP contribution in [0, 0.1) is 5.92 Å². The molecule has 2 rings (SSSR count). The third kappa shape index (κ3) is 12.0. The van der Waals surface area contributed by atoms with Crippen molar-refractivity contribution in [3.8, 4) is 0 Å². The summed E-state index contributed by atoms with van der Waals surface area (Å²) in [5, 5.41) is 17.6. The normalized spacial score (nSPS) is 15.6. The molecule has 1 saturated carbocycles. The molecule has 4 N–H and O–H groups in total. The second kappa shape index (κ2) is 15.1. The maximum atomic E-state index is 13.1. The van der Waals surface area contributed by atoms with Gasteiger partial charge in [-0.3, -0.25) is 4.79 Å². The Morgan fingerprint density at radius 2 is 1.65 bits per heavy atom. The summed E-state index contributed by atoms with van der Waals surface area (Å²) in [5.41, 5.74) is 0.161. The van der Waals surface area contributed by atoms with E-state index in [1.165, 1.54) is 0 Å². The zero-order chi connectivity index (χ0) is 27.3. The molecule has 1 aromatic rings. The number of benzene rings is 1. The van der Waals surface area contributed by atoms with Crippen molar-refractivity contribution in [3.05, 3.63) is 35.9 Å². The van der Waals surface area contributed by atoms with E-state index in [0.717, 1.165) is 37.7 Å². The van der Waals surface area contributed by atoms with Gasteiger partial charge < -0.3 is 30.5 Å². The Balaban J connectivity index is 1.81. The van der Waals surface area contributed by atoms with Gasteiger partial charge in [0.15, 0.2) is 0 Å². The lowest BCUT2D eigenvalue weighted by Crippen LogP contribution is -2.55. The summed E-state index contributed by atoms with van der Waals surface area (Å²) in [7, 11) is 0. The van der Waals surface area contributed by atoms with Crippen LogP contribution in [0.3, 0.4) is 0 Å². The average molecular weight is 520 g/mol. The summed E-state index contributed by atoms with van der Waals surface area (Å²) in [6.07, 6.45) is 4.45. The fourth-order valence-electron chi connectivity index (χ4n) is 4.26. The molecule has 1 aliphatic rings. The number of carboxylic acid groups (broad SMARTS) is 1. The highest BCUT2D eigenvalue weighted by molar-refractivity contribution is 5.89. The second-order valence-electron chi connectivity index (χ2n) is 10.4. The van der Waals surface area contributed by atoms with Gasteiger partial charge in [-0.2, -0.15) is 0 Å². The van der Waals surface area contributed by atoms with E-state index >= 15 is 0 Å². The number of ether oxygens (including phenoxy) is 2. The van der Waals surface area contributed by atoms with E-state index in [9.17, 15) is 24.3 Å². The van der Waals surface area contributed by atoms with E-state index < -0.39 is 41.7 Å². The Morgan fingerprint density at radius 1 is 0.973 bits per heavy atom. The first kappa shape index (κ1) is 29.9. The first-order chi connectivity index (χ1) is 17.5. The van der Waals surface area contributed by atoms with E-state index in [-0.39, 0.29) is 18.9 Å². The number of carbonyl (C=O) groups excluding carboxylic acids is 3. The molecule has 1 aromatic carbocycles. The maximum Gasteiger partial charge on any atom is 0.408 e. The van der Waals surface area contributed by atoms with Crippen molar-refractivity contribution in [1.82, 2.24) is 16.0 Å². The van der Waals surface area contributed by atoms with E-state index in [0.29, 0.717) is 19.4 Å². The first-order valence-electron chi connectivity index (χ1n) is 13.0. The number of aliphatic carboxylic acids is 1. The lowest BCUT2D eigenvalue weighted by atomic mass is 9.83. The highest BCUT2D eigenvalue weighted by Crippen LogP contribution is 2.27. The van der Waals surface area contributed by atoms with Crippen LogP contribution in [0.5, 0.6) is 0 Å². The van der Waals surface area contributed by atoms with E-state index in [4.69, 9.17) is 9.47 Å². The third-order valence-corrected chi connectivity index (χ3v) is 6.09. The van der Waals surface area contributed by atoms with Crippen LogP contribution >= 0.6 is 0 Å². The smallest absolute Gasteiger partial charge is 0.408 e. The topological polar surface area (TPSA) is 143 Å². The van der Waals surface area contributed by atoms with Crippen LogP contribution in [0.4, 0.5) is 9.59 Å². The van der Waals surface area contributed by atoms with E-state index in [1.807, 2.05) is 30.3 Å². The Bertz CT molecular complexity index is 880.